The molecule has 1 N–H and O–H groups in total. The lowest BCUT2D eigenvalue weighted by atomic mass is 9.90. The van der Waals surface area contributed by atoms with E-state index in [1.807, 2.05) is 18.2 Å². The third kappa shape index (κ3) is 3.33. The number of rotatable bonds is 5. The highest BCUT2D eigenvalue weighted by Gasteiger charge is 2.17. The molecule has 0 aliphatic carbocycles. The first-order chi connectivity index (χ1) is 8.11. The Balaban J connectivity index is 2.04. The second-order valence-electron chi connectivity index (χ2n) is 4.94. The summed E-state index contributed by atoms with van der Waals surface area (Å²) in [7, 11) is 0. The maximum Gasteiger partial charge on any atom is 0.183 e. The molecule has 1 aromatic heterocycles. The van der Waals surface area contributed by atoms with E-state index in [-0.39, 0.29) is 5.41 Å². The molecule has 0 atom stereocenters. The van der Waals surface area contributed by atoms with E-state index < -0.39 is 0 Å². The Hall–Kier alpha value is -0.800. The topological polar surface area (TPSA) is 24.9 Å². The number of fused-ring (bicyclic) bond motifs is 1. The molecule has 0 bridgehead atoms. The number of halogens is 1. The smallest absolute Gasteiger partial charge is 0.183 e. The highest BCUT2D eigenvalue weighted by molar-refractivity contribution is 7.22. The highest BCUT2D eigenvalue weighted by Crippen LogP contribution is 2.27. The van der Waals surface area contributed by atoms with Gasteiger partial charge < -0.3 is 5.32 Å². The minimum Gasteiger partial charge on any atom is -0.361 e. The average Bonchev–Trinajstić information content (AvgIpc) is 2.69. The maximum absolute atomic E-state index is 5.79. The summed E-state index contributed by atoms with van der Waals surface area (Å²) in [5.41, 5.74) is 1.27. The van der Waals surface area contributed by atoms with Gasteiger partial charge in [-0.05, 0) is 24.0 Å². The lowest BCUT2D eigenvalue weighted by Crippen LogP contribution is -2.23. The quantitative estimate of drug-likeness (QED) is 0.815. The van der Waals surface area contributed by atoms with Gasteiger partial charge in [0.1, 0.15) is 0 Å². The highest BCUT2D eigenvalue weighted by atomic mass is 35.5. The van der Waals surface area contributed by atoms with Crippen LogP contribution in [0, 0.1) is 5.41 Å². The third-order valence-electron chi connectivity index (χ3n) is 2.78. The Morgan fingerprint density at radius 1 is 1.35 bits per heavy atom. The van der Waals surface area contributed by atoms with Crippen LogP contribution in [-0.2, 0) is 0 Å². The summed E-state index contributed by atoms with van der Waals surface area (Å²) in [6.07, 6.45) is 1.01. The van der Waals surface area contributed by atoms with Crippen LogP contribution in [-0.4, -0.2) is 17.4 Å². The molecule has 0 saturated carbocycles. The molecule has 0 fully saturated rings. The molecule has 0 radical (unpaired) electrons. The molecule has 17 heavy (non-hydrogen) atoms. The Morgan fingerprint density at radius 3 is 2.82 bits per heavy atom. The molecule has 1 aromatic carbocycles. The lowest BCUT2D eigenvalue weighted by molar-refractivity contribution is 0.379. The number of benzene rings is 1. The van der Waals surface area contributed by atoms with Gasteiger partial charge >= 0.3 is 0 Å². The van der Waals surface area contributed by atoms with Gasteiger partial charge in [-0.15, -0.1) is 11.6 Å². The summed E-state index contributed by atoms with van der Waals surface area (Å²) in [4.78, 5) is 4.55. The van der Waals surface area contributed by atoms with E-state index in [9.17, 15) is 0 Å². The number of hydrogen-bond acceptors (Lipinski definition) is 3. The van der Waals surface area contributed by atoms with Crippen LogP contribution in [0.15, 0.2) is 24.3 Å². The molecule has 0 unspecified atom stereocenters. The number of hydrogen-bond donors (Lipinski definition) is 1. The zero-order valence-electron chi connectivity index (χ0n) is 10.2. The Bertz CT molecular complexity index is 460. The molecule has 2 nitrogen and oxygen atoms in total. The summed E-state index contributed by atoms with van der Waals surface area (Å²) in [6, 6.07) is 8.20. The van der Waals surface area contributed by atoms with Crippen molar-refractivity contribution in [3.05, 3.63) is 24.3 Å². The number of nitrogens with zero attached hydrogens (tertiary/aromatic N) is 1. The molecule has 2 aromatic rings. The summed E-state index contributed by atoms with van der Waals surface area (Å²) in [5, 5.41) is 4.40. The third-order valence-corrected chi connectivity index (χ3v) is 3.97. The molecule has 0 aliphatic rings. The van der Waals surface area contributed by atoms with Crippen LogP contribution < -0.4 is 5.32 Å². The molecule has 0 spiro atoms. The van der Waals surface area contributed by atoms with Crippen molar-refractivity contribution in [3.8, 4) is 0 Å². The fourth-order valence-electron chi connectivity index (χ4n) is 1.61. The first-order valence-corrected chi connectivity index (χ1v) is 7.11. The molecular weight excluding hydrogens is 252 g/mol. The van der Waals surface area contributed by atoms with Gasteiger partial charge in [0, 0.05) is 12.4 Å². The van der Waals surface area contributed by atoms with Crippen molar-refractivity contribution in [2.75, 3.05) is 17.7 Å². The Morgan fingerprint density at radius 2 is 2.12 bits per heavy atom. The van der Waals surface area contributed by atoms with Crippen LogP contribution in [0.5, 0.6) is 0 Å². The van der Waals surface area contributed by atoms with E-state index >= 15 is 0 Å². The molecule has 92 valence electrons. The summed E-state index contributed by atoms with van der Waals surface area (Å²) in [5.74, 6) is 0.703. The maximum atomic E-state index is 5.79. The van der Waals surface area contributed by atoms with Crippen LogP contribution in [0.1, 0.15) is 20.3 Å². The van der Waals surface area contributed by atoms with Crippen molar-refractivity contribution >= 4 is 38.3 Å². The van der Waals surface area contributed by atoms with Gasteiger partial charge in [-0.1, -0.05) is 37.3 Å². The number of aromatic nitrogens is 1. The minimum atomic E-state index is 0.208. The predicted molar refractivity (Wildman–Crippen MR) is 77.2 cm³/mol. The van der Waals surface area contributed by atoms with E-state index in [0.717, 1.165) is 23.6 Å². The zero-order chi connectivity index (χ0) is 12.3. The largest absolute Gasteiger partial charge is 0.361 e. The van der Waals surface area contributed by atoms with E-state index in [0.29, 0.717) is 5.88 Å². The molecule has 0 aliphatic heterocycles. The van der Waals surface area contributed by atoms with E-state index in [1.54, 1.807) is 11.3 Å². The Labute approximate surface area is 111 Å². The number of para-hydroxylation sites is 1. The van der Waals surface area contributed by atoms with Crippen molar-refractivity contribution < 1.29 is 0 Å². The van der Waals surface area contributed by atoms with Gasteiger partial charge in [0.05, 0.1) is 10.2 Å². The van der Waals surface area contributed by atoms with Gasteiger partial charge in [-0.3, -0.25) is 0 Å². The van der Waals surface area contributed by atoms with E-state index in [4.69, 9.17) is 11.6 Å². The van der Waals surface area contributed by atoms with Crippen LogP contribution in [0.25, 0.3) is 10.2 Å². The predicted octanol–water partition coefficient (Wildman–Crippen LogP) is 4.36. The fraction of sp³-hybridized carbons (Fsp3) is 0.462. The number of nitrogens with one attached hydrogen (secondary N) is 1. The van der Waals surface area contributed by atoms with Gasteiger partial charge in [0.15, 0.2) is 5.13 Å². The number of alkyl halides is 1. The van der Waals surface area contributed by atoms with Gasteiger partial charge in [-0.2, -0.15) is 0 Å². The first kappa shape index (κ1) is 12.7. The molecular formula is C13H17ClN2S. The molecule has 0 saturated heterocycles. The van der Waals surface area contributed by atoms with Crippen LogP contribution >= 0.6 is 22.9 Å². The number of anilines is 1. The second-order valence-corrected chi connectivity index (χ2v) is 6.35. The summed E-state index contributed by atoms with van der Waals surface area (Å²) < 4.78 is 1.23. The first-order valence-electron chi connectivity index (χ1n) is 5.76. The van der Waals surface area contributed by atoms with Crippen molar-refractivity contribution in [1.82, 2.24) is 4.98 Å². The molecule has 4 heteroatoms. The molecule has 2 rings (SSSR count). The summed E-state index contributed by atoms with van der Waals surface area (Å²) >= 11 is 7.49. The SMILES string of the molecule is CC(C)(CCCl)CNc1nc2ccccc2s1. The van der Waals surface area contributed by atoms with Crippen molar-refractivity contribution in [3.63, 3.8) is 0 Å². The van der Waals surface area contributed by atoms with E-state index in [2.05, 4.69) is 30.2 Å². The normalized spacial score (nSPS) is 11.9. The summed E-state index contributed by atoms with van der Waals surface area (Å²) in [6.45, 7) is 5.34. The van der Waals surface area contributed by atoms with Gasteiger partial charge in [0.2, 0.25) is 0 Å². The van der Waals surface area contributed by atoms with Crippen molar-refractivity contribution in [1.29, 1.82) is 0 Å². The van der Waals surface area contributed by atoms with Crippen molar-refractivity contribution in [2.24, 2.45) is 5.41 Å². The van der Waals surface area contributed by atoms with Crippen molar-refractivity contribution in [2.45, 2.75) is 20.3 Å². The second kappa shape index (κ2) is 5.23. The Kier molecular flexibility index (Phi) is 3.89. The fourth-order valence-corrected chi connectivity index (χ4v) is 2.98. The van der Waals surface area contributed by atoms with Gasteiger partial charge in [0.25, 0.3) is 0 Å². The lowest BCUT2D eigenvalue weighted by Gasteiger charge is -2.23. The van der Waals surface area contributed by atoms with Crippen LogP contribution in [0.2, 0.25) is 0 Å². The zero-order valence-corrected chi connectivity index (χ0v) is 11.7. The molecule has 0 amide bonds. The monoisotopic (exact) mass is 268 g/mol. The van der Waals surface area contributed by atoms with E-state index in [1.165, 1.54) is 4.70 Å². The minimum absolute atomic E-state index is 0.208. The number of thiazole rings is 1. The van der Waals surface area contributed by atoms with Crippen LogP contribution in [0.4, 0.5) is 5.13 Å². The molecule has 1 heterocycles. The van der Waals surface area contributed by atoms with Gasteiger partial charge in [-0.25, -0.2) is 4.98 Å². The van der Waals surface area contributed by atoms with Crippen LogP contribution in [0.3, 0.4) is 0 Å². The average molecular weight is 269 g/mol. The standard InChI is InChI=1S/C13H17ClN2S/c1-13(2,7-8-14)9-15-12-16-10-5-3-4-6-11(10)17-12/h3-6H,7-9H2,1-2H3,(H,15,16).